The van der Waals surface area contributed by atoms with Gasteiger partial charge in [0.05, 0.1) is 5.56 Å². The average molecular weight is 242 g/mol. The van der Waals surface area contributed by atoms with E-state index in [9.17, 15) is 4.79 Å². The fourth-order valence-corrected chi connectivity index (χ4v) is 1.63. The molecule has 0 aliphatic heterocycles. The summed E-state index contributed by atoms with van der Waals surface area (Å²) in [5, 5.41) is 0.205. The fourth-order valence-electron chi connectivity index (χ4n) is 1.45. The van der Waals surface area contributed by atoms with Crippen LogP contribution >= 0.6 is 11.6 Å². The van der Waals surface area contributed by atoms with Gasteiger partial charge in [-0.3, -0.25) is 4.79 Å². The third kappa shape index (κ3) is 2.92. The summed E-state index contributed by atoms with van der Waals surface area (Å²) in [6.07, 6.45) is 3.15. The van der Waals surface area contributed by atoms with Gasteiger partial charge < -0.3 is 4.90 Å². The Morgan fingerprint density at radius 2 is 2.25 bits per heavy atom. The van der Waals surface area contributed by atoms with Gasteiger partial charge in [-0.15, -0.1) is 0 Å². The molecule has 1 aromatic heterocycles. The number of nitrogens with zero attached hydrogens (tertiary/aromatic N) is 3. The van der Waals surface area contributed by atoms with E-state index in [2.05, 4.69) is 23.8 Å². The van der Waals surface area contributed by atoms with Gasteiger partial charge in [0.25, 0.3) is 0 Å². The van der Waals surface area contributed by atoms with Gasteiger partial charge >= 0.3 is 0 Å². The van der Waals surface area contributed by atoms with E-state index in [1.54, 1.807) is 0 Å². The van der Waals surface area contributed by atoms with E-state index in [-0.39, 0.29) is 5.15 Å². The van der Waals surface area contributed by atoms with E-state index in [0.717, 1.165) is 13.0 Å². The lowest BCUT2D eigenvalue weighted by Crippen LogP contribution is -2.25. The standard InChI is InChI=1S/C11H16ClN3O/c1-4-8(2)5-15(3)11-9(6-16)10(12)13-7-14-11/h6-8H,4-5H2,1-3H3. The largest absolute Gasteiger partial charge is 0.359 e. The lowest BCUT2D eigenvalue weighted by Gasteiger charge is -2.22. The van der Waals surface area contributed by atoms with Gasteiger partial charge in [0.1, 0.15) is 17.3 Å². The van der Waals surface area contributed by atoms with E-state index in [1.807, 2.05) is 11.9 Å². The van der Waals surface area contributed by atoms with Crippen molar-refractivity contribution in [3.05, 3.63) is 17.0 Å². The predicted molar refractivity (Wildman–Crippen MR) is 65.2 cm³/mol. The highest BCUT2D eigenvalue weighted by Crippen LogP contribution is 2.21. The molecule has 0 aromatic carbocycles. The van der Waals surface area contributed by atoms with Crippen molar-refractivity contribution in [1.82, 2.24) is 9.97 Å². The molecule has 4 nitrogen and oxygen atoms in total. The summed E-state index contributed by atoms with van der Waals surface area (Å²) < 4.78 is 0. The molecule has 16 heavy (non-hydrogen) atoms. The Morgan fingerprint density at radius 1 is 1.56 bits per heavy atom. The maximum absolute atomic E-state index is 10.9. The Kier molecular flexibility index (Phi) is 4.68. The number of rotatable bonds is 5. The third-order valence-corrected chi connectivity index (χ3v) is 2.88. The normalized spacial score (nSPS) is 12.2. The Balaban J connectivity index is 2.94. The number of carbonyl (C=O) groups is 1. The zero-order valence-electron chi connectivity index (χ0n) is 9.77. The summed E-state index contributed by atoms with van der Waals surface area (Å²) >= 11 is 5.83. The van der Waals surface area contributed by atoms with Crippen LogP contribution in [0, 0.1) is 5.92 Å². The fraction of sp³-hybridized carbons (Fsp3) is 0.545. The Hall–Kier alpha value is -1.16. The van der Waals surface area contributed by atoms with Crippen molar-refractivity contribution in [3.8, 4) is 0 Å². The number of carbonyl (C=O) groups excluding carboxylic acids is 1. The Labute approximate surface area is 101 Å². The van der Waals surface area contributed by atoms with Gasteiger partial charge in [-0.05, 0) is 5.92 Å². The SMILES string of the molecule is CCC(C)CN(C)c1ncnc(Cl)c1C=O. The number of aldehydes is 1. The van der Waals surface area contributed by atoms with Crippen LogP contribution in [0.15, 0.2) is 6.33 Å². The quantitative estimate of drug-likeness (QED) is 0.587. The van der Waals surface area contributed by atoms with Gasteiger partial charge in [-0.2, -0.15) is 0 Å². The number of hydrogen-bond donors (Lipinski definition) is 0. The summed E-state index contributed by atoms with van der Waals surface area (Å²) in [5.74, 6) is 1.13. The molecule has 0 saturated heterocycles. The van der Waals surface area contributed by atoms with E-state index in [1.165, 1.54) is 6.33 Å². The third-order valence-electron chi connectivity index (χ3n) is 2.58. The summed E-state index contributed by atoms with van der Waals surface area (Å²) in [4.78, 5) is 20.7. The van der Waals surface area contributed by atoms with Crippen LogP contribution in [0.5, 0.6) is 0 Å². The minimum absolute atomic E-state index is 0.205. The topological polar surface area (TPSA) is 46.1 Å². The van der Waals surface area contributed by atoms with Crippen LogP contribution in [0.3, 0.4) is 0 Å². The minimum Gasteiger partial charge on any atom is -0.359 e. The second-order valence-corrected chi connectivity index (χ2v) is 4.27. The summed E-state index contributed by atoms with van der Waals surface area (Å²) in [7, 11) is 1.90. The molecule has 0 spiro atoms. The van der Waals surface area contributed by atoms with Crippen LogP contribution < -0.4 is 4.90 Å². The van der Waals surface area contributed by atoms with Crippen LogP contribution in [0.4, 0.5) is 5.82 Å². The molecule has 0 saturated carbocycles. The van der Waals surface area contributed by atoms with Gasteiger partial charge in [0.2, 0.25) is 0 Å². The van der Waals surface area contributed by atoms with E-state index >= 15 is 0 Å². The molecule has 0 radical (unpaired) electrons. The maximum atomic E-state index is 10.9. The van der Waals surface area contributed by atoms with Crippen LogP contribution in [0.2, 0.25) is 5.15 Å². The number of aromatic nitrogens is 2. The molecule has 88 valence electrons. The minimum atomic E-state index is 0.205. The van der Waals surface area contributed by atoms with Gasteiger partial charge in [-0.1, -0.05) is 31.9 Å². The monoisotopic (exact) mass is 241 g/mol. The van der Waals surface area contributed by atoms with E-state index < -0.39 is 0 Å². The van der Waals surface area contributed by atoms with E-state index in [0.29, 0.717) is 23.6 Å². The second-order valence-electron chi connectivity index (χ2n) is 3.91. The number of anilines is 1. The van der Waals surface area contributed by atoms with Gasteiger partial charge in [-0.25, -0.2) is 9.97 Å². The van der Waals surface area contributed by atoms with Gasteiger partial charge in [0.15, 0.2) is 6.29 Å². The Morgan fingerprint density at radius 3 is 2.81 bits per heavy atom. The molecule has 1 heterocycles. The molecule has 1 atom stereocenters. The molecule has 1 rings (SSSR count). The highest BCUT2D eigenvalue weighted by molar-refractivity contribution is 6.32. The molecule has 0 aliphatic carbocycles. The van der Waals surface area contributed by atoms with Crippen LogP contribution in [-0.4, -0.2) is 29.8 Å². The zero-order chi connectivity index (χ0) is 12.1. The van der Waals surface area contributed by atoms with Crippen LogP contribution in [0.25, 0.3) is 0 Å². The van der Waals surface area contributed by atoms with Crippen molar-refractivity contribution in [2.24, 2.45) is 5.92 Å². The van der Waals surface area contributed by atoms with Crippen molar-refractivity contribution in [1.29, 1.82) is 0 Å². The Bertz CT molecular complexity index is 370. The molecule has 0 amide bonds. The van der Waals surface area contributed by atoms with E-state index in [4.69, 9.17) is 11.6 Å². The molecular formula is C11H16ClN3O. The maximum Gasteiger partial charge on any atom is 0.156 e. The smallest absolute Gasteiger partial charge is 0.156 e. The van der Waals surface area contributed by atoms with Crippen molar-refractivity contribution in [2.75, 3.05) is 18.5 Å². The first-order chi connectivity index (χ1) is 7.60. The first-order valence-electron chi connectivity index (χ1n) is 5.26. The predicted octanol–water partition coefficient (Wildman–Crippen LogP) is 2.42. The molecule has 5 heteroatoms. The molecule has 0 bridgehead atoms. The molecule has 1 unspecified atom stereocenters. The number of hydrogen-bond acceptors (Lipinski definition) is 4. The zero-order valence-corrected chi connectivity index (χ0v) is 10.5. The summed E-state index contributed by atoms with van der Waals surface area (Å²) in [6.45, 7) is 5.12. The molecule has 0 fully saturated rings. The lowest BCUT2D eigenvalue weighted by atomic mass is 10.1. The first kappa shape index (κ1) is 12.9. The van der Waals surface area contributed by atoms with Gasteiger partial charge in [0, 0.05) is 13.6 Å². The van der Waals surface area contributed by atoms with Crippen LogP contribution in [-0.2, 0) is 0 Å². The van der Waals surface area contributed by atoms with Crippen LogP contribution in [0.1, 0.15) is 30.6 Å². The lowest BCUT2D eigenvalue weighted by molar-refractivity contribution is 0.112. The summed E-state index contributed by atoms with van der Waals surface area (Å²) in [6, 6.07) is 0. The van der Waals surface area contributed by atoms with Crippen molar-refractivity contribution >= 4 is 23.7 Å². The molecule has 0 aliphatic rings. The van der Waals surface area contributed by atoms with Crippen molar-refractivity contribution in [2.45, 2.75) is 20.3 Å². The highest BCUT2D eigenvalue weighted by atomic mass is 35.5. The molecule has 1 aromatic rings. The van der Waals surface area contributed by atoms with Crippen molar-refractivity contribution in [3.63, 3.8) is 0 Å². The summed E-state index contributed by atoms with van der Waals surface area (Å²) in [5.41, 5.74) is 0.356. The average Bonchev–Trinajstić information content (AvgIpc) is 2.28. The highest BCUT2D eigenvalue weighted by Gasteiger charge is 2.14. The molecule has 0 N–H and O–H groups in total. The first-order valence-corrected chi connectivity index (χ1v) is 5.64. The number of halogens is 1. The molecular weight excluding hydrogens is 226 g/mol. The second kappa shape index (κ2) is 5.80. The van der Waals surface area contributed by atoms with Crippen molar-refractivity contribution < 1.29 is 4.79 Å².